The summed E-state index contributed by atoms with van der Waals surface area (Å²) in [4.78, 5) is 0. The third-order valence-electron chi connectivity index (χ3n) is 4.77. The normalized spacial score (nSPS) is 31.2. The number of ether oxygens (including phenoxy) is 4. The minimum Gasteiger partial charge on any atom is -0.394 e. The molecule has 2 N–H and O–H groups in total. The van der Waals surface area contributed by atoms with Gasteiger partial charge in [0.2, 0.25) is 0 Å². The summed E-state index contributed by atoms with van der Waals surface area (Å²) in [6.07, 6.45) is -5.42. The van der Waals surface area contributed by atoms with Crippen molar-refractivity contribution in [2.24, 2.45) is 0 Å². The predicted octanol–water partition coefficient (Wildman–Crippen LogP) is 2.21. The van der Waals surface area contributed by atoms with Crippen LogP contribution in [0.2, 0.25) is 0 Å². The second kappa shape index (κ2) is 8.20. The van der Waals surface area contributed by atoms with Crippen LogP contribution in [0, 0.1) is 11.6 Å². The van der Waals surface area contributed by atoms with Crippen LogP contribution in [0.15, 0.2) is 48.5 Å². The van der Waals surface area contributed by atoms with Crippen molar-refractivity contribution in [2.75, 3.05) is 13.2 Å². The summed E-state index contributed by atoms with van der Waals surface area (Å²) in [7, 11) is 0. The number of fused-ring (bicyclic) bond motifs is 1. The number of aliphatic hydroxyl groups excluding tert-OH is 2. The zero-order chi connectivity index (χ0) is 19.7. The van der Waals surface area contributed by atoms with Gasteiger partial charge in [-0.1, -0.05) is 24.3 Å². The fourth-order valence-corrected chi connectivity index (χ4v) is 3.42. The molecular weight excluding hydrogens is 374 g/mol. The van der Waals surface area contributed by atoms with E-state index in [2.05, 4.69) is 0 Å². The van der Waals surface area contributed by atoms with Crippen LogP contribution < -0.4 is 0 Å². The molecule has 0 spiro atoms. The van der Waals surface area contributed by atoms with Crippen molar-refractivity contribution in [1.29, 1.82) is 0 Å². The molecule has 2 aromatic carbocycles. The minimum absolute atomic E-state index is 0.0929. The highest BCUT2D eigenvalue weighted by Crippen LogP contribution is 2.39. The van der Waals surface area contributed by atoms with Crippen LogP contribution in [0.1, 0.15) is 23.7 Å². The van der Waals surface area contributed by atoms with Gasteiger partial charge in [0, 0.05) is 11.1 Å². The maximum atomic E-state index is 13.6. The molecule has 28 heavy (non-hydrogen) atoms. The molecule has 0 saturated carbocycles. The van der Waals surface area contributed by atoms with Gasteiger partial charge in [-0.05, 0) is 24.3 Å². The van der Waals surface area contributed by atoms with E-state index in [1.54, 1.807) is 12.1 Å². The monoisotopic (exact) mass is 394 g/mol. The van der Waals surface area contributed by atoms with Gasteiger partial charge in [0.15, 0.2) is 12.6 Å². The first-order valence-corrected chi connectivity index (χ1v) is 8.93. The molecular formula is C20H20F2O6. The Morgan fingerprint density at radius 3 is 2.18 bits per heavy atom. The lowest BCUT2D eigenvalue weighted by Gasteiger charge is -2.47. The molecule has 2 fully saturated rings. The van der Waals surface area contributed by atoms with Crippen LogP contribution in [0.5, 0.6) is 0 Å². The van der Waals surface area contributed by atoms with Crippen LogP contribution in [-0.2, 0) is 18.9 Å². The van der Waals surface area contributed by atoms with Crippen molar-refractivity contribution < 1.29 is 37.9 Å². The SMILES string of the molecule is OC[C@H](O)[C@H]1O[C@H](c2cccc(F)c2)O[C@@H]2CO[C@@H](c3cccc(F)c3)O[C@@H]12. The first-order chi connectivity index (χ1) is 13.5. The third kappa shape index (κ3) is 3.93. The summed E-state index contributed by atoms with van der Waals surface area (Å²) in [5.74, 6) is -0.880. The van der Waals surface area contributed by atoms with Gasteiger partial charge in [-0.15, -0.1) is 0 Å². The summed E-state index contributed by atoms with van der Waals surface area (Å²) >= 11 is 0. The molecule has 6 atom stereocenters. The predicted molar refractivity (Wildman–Crippen MR) is 91.9 cm³/mol. The number of rotatable bonds is 4. The average molecular weight is 394 g/mol. The number of benzene rings is 2. The molecule has 2 aliphatic heterocycles. The first kappa shape index (κ1) is 19.4. The fourth-order valence-electron chi connectivity index (χ4n) is 3.42. The molecule has 0 aromatic heterocycles. The molecule has 2 saturated heterocycles. The van der Waals surface area contributed by atoms with Gasteiger partial charge >= 0.3 is 0 Å². The summed E-state index contributed by atoms with van der Waals surface area (Å²) in [5.41, 5.74) is 0.906. The molecule has 0 aliphatic carbocycles. The molecule has 0 amide bonds. The van der Waals surface area contributed by atoms with Crippen molar-refractivity contribution in [3.05, 3.63) is 71.3 Å². The van der Waals surface area contributed by atoms with Gasteiger partial charge in [-0.2, -0.15) is 0 Å². The average Bonchev–Trinajstić information content (AvgIpc) is 2.72. The molecule has 150 valence electrons. The lowest BCUT2D eigenvalue weighted by atomic mass is 9.99. The minimum atomic E-state index is -1.25. The second-order valence-electron chi connectivity index (χ2n) is 6.73. The van der Waals surface area contributed by atoms with Crippen molar-refractivity contribution in [1.82, 2.24) is 0 Å². The fraction of sp³-hybridized carbons (Fsp3) is 0.400. The van der Waals surface area contributed by atoms with Crippen LogP contribution in [0.3, 0.4) is 0 Å². The standard InChI is InChI=1S/C20H20F2O6/c21-13-5-1-3-11(7-13)19-25-10-16-18(28-19)17(15(24)9-23)27-20(26-16)12-4-2-6-14(22)8-12/h1-8,15-20,23-24H,9-10H2/t15-,16+,17+,18+,19+,20+/m0/s1. The Balaban J connectivity index is 1.57. The maximum Gasteiger partial charge on any atom is 0.185 e. The highest BCUT2D eigenvalue weighted by molar-refractivity contribution is 5.20. The maximum absolute atomic E-state index is 13.6. The number of hydrogen-bond donors (Lipinski definition) is 2. The Kier molecular flexibility index (Phi) is 5.68. The quantitative estimate of drug-likeness (QED) is 0.828. The smallest absolute Gasteiger partial charge is 0.185 e. The van der Waals surface area contributed by atoms with E-state index in [-0.39, 0.29) is 6.61 Å². The van der Waals surface area contributed by atoms with E-state index in [1.807, 2.05) is 0 Å². The zero-order valence-electron chi connectivity index (χ0n) is 14.8. The van der Waals surface area contributed by atoms with Crippen LogP contribution in [0.25, 0.3) is 0 Å². The molecule has 6 nitrogen and oxygen atoms in total. The van der Waals surface area contributed by atoms with Crippen molar-refractivity contribution in [2.45, 2.75) is 37.0 Å². The van der Waals surface area contributed by atoms with Crippen LogP contribution in [-0.4, -0.2) is 47.8 Å². The topological polar surface area (TPSA) is 77.4 Å². The molecule has 2 heterocycles. The molecule has 4 rings (SSSR count). The lowest BCUT2D eigenvalue weighted by molar-refractivity contribution is -0.373. The zero-order valence-corrected chi connectivity index (χ0v) is 14.8. The summed E-state index contributed by atoms with van der Waals surface area (Å²) < 4.78 is 50.3. The lowest BCUT2D eigenvalue weighted by Crippen LogP contribution is -2.58. The van der Waals surface area contributed by atoms with Gasteiger partial charge < -0.3 is 29.2 Å². The largest absolute Gasteiger partial charge is 0.394 e. The van der Waals surface area contributed by atoms with Crippen LogP contribution in [0.4, 0.5) is 8.78 Å². The van der Waals surface area contributed by atoms with E-state index in [1.165, 1.54) is 36.4 Å². The highest BCUT2D eigenvalue weighted by atomic mass is 19.1. The van der Waals surface area contributed by atoms with Gasteiger partial charge in [0.25, 0.3) is 0 Å². The van der Waals surface area contributed by atoms with E-state index in [9.17, 15) is 19.0 Å². The molecule has 2 aliphatic rings. The summed E-state index contributed by atoms with van der Waals surface area (Å²) in [6.45, 7) is -0.464. The number of aliphatic hydroxyl groups is 2. The van der Waals surface area contributed by atoms with E-state index in [0.717, 1.165) is 0 Å². The molecule has 8 heteroatoms. The Bertz CT molecular complexity index is 817. The van der Waals surface area contributed by atoms with Gasteiger partial charge in [0.1, 0.15) is 36.1 Å². The van der Waals surface area contributed by atoms with Crippen molar-refractivity contribution >= 4 is 0 Å². The van der Waals surface area contributed by atoms with Crippen molar-refractivity contribution in [3.63, 3.8) is 0 Å². The van der Waals surface area contributed by atoms with E-state index < -0.39 is 55.2 Å². The summed E-state index contributed by atoms with van der Waals surface area (Å²) in [6, 6.07) is 11.5. The molecule has 2 aromatic rings. The van der Waals surface area contributed by atoms with Gasteiger partial charge in [-0.25, -0.2) is 8.78 Å². The van der Waals surface area contributed by atoms with Crippen molar-refractivity contribution in [3.8, 4) is 0 Å². The van der Waals surface area contributed by atoms with Gasteiger partial charge in [-0.3, -0.25) is 0 Å². The van der Waals surface area contributed by atoms with E-state index in [4.69, 9.17) is 18.9 Å². The number of halogens is 2. The number of hydrogen-bond acceptors (Lipinski definition) is 6. The highest BCUT2D eigenvalue weighted by Gasteiger charge is 2.48. The Morgan fingerprint density at radius 1 is 0.929 bits per heavy atom. The molecule has 0 radical (unpaired) electrons. The van der Waals surface area contributed by atoms with Crippen LogP contribution >= 0.6 is 0 Å². The Hall–Kier alpha value is -1.94. The van der Waals surface area contributed by atoms with Gasteiger partial charge in [0.05, 0.1) is 13.2 Å². The summed E-state index contributed by atoms with van der Waals surface area (Å²) in [5, 5.41) is 19.7. The van der Waals surface area contributed by atoms with E-state index in [0.29, 0.717) is 11.1 Å². The van der Waals surface area contributed by atoms with E-state index >= 15 is 0 Å². The Labute approximate surface area is 160 Å². The first-order valence-electron chi connectivity index (χ1n) is 8.93. The second-order valence-corrected chi connectivity index (χ2v) is 6.73. The molecule has 0 unspecified atom stereocenters. The molecule has 0 bridgehead atoms. The third-order valence-corrected chi connectivity index (χ3v) is 4.77. The Morgan fingerprint density at radius 2 is 1.57 bits per heavy atom.